The first-order valence-electron chi connectivity index (χ1n) is 13.4. The van der Waals surface area contributed by atoms with E-state index >= 15 is 0 Å². The predicted octanol–water partition coefficient (Wildman–Crippen LogP) is 7.76. The quantitative estimate of drug-likeness (QED) is 0.239. The summed E-state index contributed by atoms with van der Waals surface area (Å²) < 4.78 is 14.6. The van der Waals surface area contributed by atoms with Gasteiger partial charge in [-0.05, 0) is 85.6 Å². The van der Waals surface area contributed by atoms with Gasteiger partial charge in [0.1, 0.15) is 11.6 Å². The Morgan fingerprint density at radius 2 is 1.89 bits per heavy atom. The van der Waals surface area contributed by atoms with E-state index in [4.69, 9.17) is 0 Å². The maximum atomic E-state index is 14.6. The summed E-state index contributed by atoms with van der Waals surface area (Å²) in [7, 11) is 1.73. The molecule has 3 nitrogen and oxygen atoms in total. The minimum Gasteiger partial charge on any atom is -0.369 e. The summed E-state index contributed by atoms with van der Waals surface area (Å²) in [6.07, 6.45) is 10.9. The zero-order valence-corrected chi connectivity index (χ0v) is 22.4. The van der Waals surface area contributed by atoms with E-state index in [9.17, 15) is 9.18 Å². The Morgan fingerprint density at radius 1 is 1.11 bits per heavy atom. The Morgan fingerprint density at radius 3 is 2.53 bits per heavy atom. The fourth-order valence-corrected chi connectivity index (χ4v) is 5.02. The third-order valence-electron chi connectivity index (χ3n) is 7.21. The smallest absolute Gasteiger partial charge is 0.132 e. The molecule has 4 heteroatoms. The molecule has 192 valence electrons. The number of allylic oxidation sites excluding steroid dienone is 3. The fourth-order valence-electron chi connectivity index (χ4n) is 5.02. The Labute approximate surface area is 216 Å². The lowest BCUT2D eigenvalue weighted by molar-refractivity contribution is -0.118. The van der Waals surface area contributed by atoms with Crippen LogP contribution in [0.2, 0.25) is 0 Å². The number of aryl methyl sites for hydroxylation is 2. The zero-order chi connectivity index (χ0) is 26.1. The summed E-state index contributed by atoms with van der Waals surface area (Å²) in [6.45, 7) is 11.4. The molecule has 2 aromatic rings. The van der Waals surface area contributed by atoms with Gasteiger partial charge in [-0.15, -0.1) is 0 Å². The highest BCUT2D eigenvalue weighted by atomic mass is 19.1. The van der Waals surface area contributed by atoms with Crippen LogP contribution in [0.5, 0.6) is 0 Å². The van der Waals surface area contributed by atoms with Crippen molar-refractivity contribution in [2.45, 2.75) is 78.2 Å². The maximum absolute atomic E-state index is 14.6. The maximum Gasteiger partial charge on any atom is 0.132 e. The molecule has 1 heterocycles. The molecule has 0 saturated carbocycles. The average molecular weight is 489 g/mol. The number of aliphatic imine (C=N–C) groups is 1. The van der Waals surface area contributed by atoms with Gasteiger partial charge in [0.15, 0.2) is 0 Å². The molecular weight excluding hydrogens is 447 g/mol. The molecule has 0 bridgehead atoms. The van der Waals surface area contributed by atoms with Gasteiger partial charge in [0.2, 0.25) is 0 Å². The second-order valence-corrected chi connectivity index (χ2v) is 9.74. The van der Waals surface area contributed by atoms with E-state index in [2.05, 4.69) is 48.5 Å². The topological polar surface area (TPSA) is 32.7 Å². The van der Waals surface area contributed by atoms with Crippen molar-refractivity contribution in [3.05, 3.63) is 83.2 Å². The van der Waals surface area contributed by atoms with Gasteiger partial charge in [-0.3, -0.25) is 9.79 Å². The van der Waals surface area contributed by atoms with Crippen LogP contribution in [0.3, 0.4) is 0 Å². The van der Waals surface area contributed by atoms with Crippen LogP contribution < -0.4 is 4.90 Å². The molecule has 0 radical (unpaired) electrons. The van der Waals surface area contributed by atoms with Gasteiger partial charge in [0, 0.05) is 43.7 Å². The van der Waals surface area contributed by atoms with E-state index in [-0.39, 0.29) is 11.6 Å². The van der Waals surface area contributed by atoms with Crippen molar-refractivity contribution in [1.29, 1.82) is 0 Å². The molecule has 36 heavy (non-hydrogen) atoms. The lowest BCUT2D eigenvalue weighted by Crippen LogP contribution is -2.38. The Balaban J connectivity index is 1.98. The van der Waals surface area contributed by atoms with E-state index in [1.807, 2.05) is 31.2 Å². The number of ketones is 1. The highest BCUT2D eigenvalue weighted by Crippen LogP contribution is 2.32. The molecule has 0 aliphatic carbocycles. The summed E-state index contributed by atoms with van der Waals surface area (Å²) in [5, 5.41) is 0. The summed E-state index contributed by atoms with van der Waals surface area (Å²) in [6, 6.07) is 12.4. The Kier molecular flexibility index (Phi) is 10.2. The van der Waals surface area contributed by atoms with Crippen molar-refractivity contribution >= 4 is 22.8 Å². The third kappa shape index (κ3) is 6.81. The molecule has 1 fully saturated rings. The molecule has 0 N–H and O–H groups in total. The second-order valence-electron chi connectivity index (χ2n) is 9.74. The van der Waals surface area contributed by atoms with Crippen LogP contribution in [0.25, 0.3) is 5.57 Å². The summed E-state index contributed by atoms with van der Waals surface area (Å²) in [5.74, 6) is 0.0958. The van der Waals surface area contributed by atoms with Gasteiger partial charge in [-0.1, -0.05) is 51.1 Å². The van der Waals surface area contributed by atoms with Crippen molar-refractivity contribution in [2.24, 2.45) is 4.99 Å². The Hall–Kier alpha value is -3.01. The van der Waals surface area contributed by atoms with Crippen LogP contribution in [-0.2, 0) is 17.6 Å². The fraction of sp³-hybridized carbons (Fsp3) is 0.438. The number of carbonyl (C=O) groups excluding carboxylic acids is 1. The van der Waals surface area contributed by atoms with Crippen molar-refractivity contribution in [3.63, 3.8) is 0 Å². The van der Waals surface area contributed by atoms with E-state index in [0.717, 1.165) is 48.1 Å². The van der Waals surface area contributed by atoms with E-state index in [1.54, 1.807) is 13.1 Å². The van der Waals surface area contributed by atoms with Gasteiger partial charge in [-0.2, -0.15) is 0 Å². The Bertz CT molecular complexity index is 1130. The second kappa shape index (κ2) is 13.3. The van der Waals surface area contributed by atoms with Gasteiger partial charge < -0.3 is 4.90 Å². The molecule has 1 aliphatic rings. The van der Waals surface area contributed by atoms with Crippen molar-refractivity contribution in [2.75, 3.05) is 18.5 Å². The van der Waals surface area contributed by atoms with Gasteiger partial charge >= 0.3 is 0 Å². The number of Topliss-reactive ketones (excluding diaryl/α,β-unsaturated/α-hetero) is 1. The standard InChI is InChI=1S/C32H41FN2O/c1-6-11-25-13-14-27(21-30(25)33)31(34-5)22-24(7-2)26-16-18-32(35-19-10-9-12-23(35)4)28(20-26)15-17-29(36)8-3/h7,13-14,16,18,20-23H,2,6,8-12,15,17,19H2,1,3-5H3/b24-22+,34-31?. The van der Waals surface area contributed by atoms with E-state index < -0.39 is 0 Å². The number of benzene rings is 2. The minimum absolute atomic E-state index is 0.188. The monoisotopic (exact) mass is 488 g/mol. The summed E-state index contributed by atoms with van der Waals surface area (Å²) >= 11 is 0. The van der Waals surface area contributed by atoms with Crippen LogP contribution in [0.4, 0.5) is 10.1 Å². The van der Waals surface area contributed by atoms with Crippen LogP contribution >= 0.6 is 0 Å². The van der Waals surface area contributed by atoms with Gasteiger partial charge in [0.25, 0.3) is 0 Å². The van der Waals surface area contributed by atoms with Crippen molar-refractivity contribution in [3.8, 4) is 0 Å². The molecule has 0 aromatic heterocycles. The molecule has 1 atom stereocenters. The highest BCUT2D eigenvalue weighted by Gasteiger charge is 2.21. The number of rotatable bonds is 11. The van der Waals surface area contributed by atoms with E-state index in [0.29, 0.717) is 24.6 Å². The molecule has 3 rings (SSSR count). The van der Waals surface area contributed by atoms with Gasteiger partial charge in [-0.25, -0.2) is 4.39 Å². The van der Waals surface area contributed by atoms with E-state index in [1.165, 1.54) is 30.5 Å². The molecule has 1 saturated heterocycles. The number of halogens is 1. The summed E-state index contributed by atoms with van der Waals surface area (Å²) in [5.41, 5.74) is 6.58. The van der Waals surface area contributed by atoms with Crippen molar-refractivity contribution < 1.29 is 9.18 Å². The first-order chi connectivity index (χ1) is 17.4. The summed E-state index contributed by atoms with van der Waals surface area (Å²) in [4.78, 5) is 19.1. The molecule has 1 aliphatic heterocycles. The SMILES string of the molecule is C=C/C(=C\C(=NC)c1ccc(CCC)c(F)c1)c1ccc(N2CCCCC2C)c(CCC(=O)CC)c1. The van der Waals surface area contributed by atoms with Crippen LogP contribution in [0.1, 0.15) is 81.5 Å². The lowest BCUT2D eigenvalue weighted by Gasteiger charge is -2.37. The molecule has 1 unspecified atom stereocenters. The number of nitrogens with zero attached hydrogens (tertiary/aromatic N) is 2. The lowest BCUT2D eigenvalue weighted by atomic mass is 9.94. The number of carbonyl (C=O) groups is 1. The number of piperidine rings is 1. The predicted molar refractivity (Wildman–Crippen MR) is 152 cm³/mol. The number of hydrogen-bond donors (Lipinski definition) is 0. The molecule has 0 spiro atoms. The average Bonchev–Trinajstić information content (AvgIpc) is 2.89. The molecular formula is C32H41FN2O. The first kappa shape index (κ1) is 27.6. The van der Waals surface area contributed by atoms with Crippen LogP contribution in [-0.4, -0.2) is 31.1 Å². The third-order valence-corrected chi connectivity index (χ3v) is 7.21. The largest absolute Gasteiger partial charge is 0.369 e. The van der Waals surface area contributed by atoms with Crippen molar-refractivity contribution in [1.82, 2.24) is 0 Å². The molecule has 2 aromatic carbocycles. The normalized spacial score (nSPS) is 16.8. The van der Waals surface area contributed by atoms with Crippen LogP contribution in [0, 0.1) is 5.82 Å². The number of anilines is 1. The molecule has 0 amide bonds. The first-order valence-corrected chi connectivity index (χ1v) is 13.4. The minimum atomic E-state index is -0.188. The highest BCUT2D eigenvalue weighted by molar-refractivity contribution is 6.13. The number of hydrogen-bond acceptors (Lipinski definition) is 3. The zero-order valence-electron chi connectivity index (χ0n) is 22.4. The van der Waals surface area contributed by atoms with Gasteiger partial charge in [0.05, 0.1) is 5.71 Å². The van der Waals surface area contributed by atoms with Crippen LogP contribution in [0.15, 0.2) is 60.1 Å².